The van der Waals surface area contributed by atoms with Gasteiger partial charge < -0.3 is 5.73 Å². The molecule has 48 valence electrons. The van der Waals surface area contributed by atoms with Crippen molar-refractivity contribution in [1.82, 2.24) is 0 Å². The van der Waals surface area contributed by atoms with Gasteiger partial charge in [-0.1, -0.05) is 12.2 Å². The van der Waals surface area contributed by atoms with Gasteiger partial charge in [0.25, 0.3) is 0 Å². The number of Topliss-reactive ketones (excluding diaryl/α,β-unsaturated/α-hetero) is 1. The van der Waals surface area contributed by atoms with Gasteiger partial charge in [-0.2, -0.15) is 0 Å². The topological polar surface area (TPSA) is 43.1 Å². The number of hydrogen-bond donors (Lipinski definition) is 1. The zero-order chi connectivity index (χ0) is 6.48. The predicted octanol–water partition coefficient (Wildman–Crippen LogP) is 0.233. The molecule has 2 atom stereocenters. The van der Waals surface area contributed by atoms with Crippen LogP contribution in [0, 0.1) is 5.92 Å². The van der Waals surface area contributed by atoms with Crippen molar-refractivity contribution in [3.63, 3.8) is 0 Å². The molecule has 2 N–H and O–H groups in total. The molecule has 2 unspecified atom stereocenters. The normalized spacial score (nSPS) is 46.8. The minimum absolute atomic E-state index is 0.162. The molecule has 1 fully saturated rings. The fraction of sp³-hybridized carbons (Fsp3) is 0.571. The molecule has 0 aliphatic heterocycles. The van der Waals surface area contributed by atoms with Crippen molar-refractivity contribution in [1.29, 1.82) is 0 Å². The van der Waals surface area contributed by atoms with E-state index in [0.29, 0.717) is 12.2 Å². The highest BCUT2D eigenvalue weighted by Gasteiger charge is 2.43. The van der Waals surface area contributed by atoms with Crippen LogP contribution in [0.2, 0.25) is 0 Å². The summed E-state index contributed by atoms with van der Waals surface area (Å²) >= 11 is 0. The predicted molar refractivity (Wildman–Crippen MR) is 33.8 cm³/mol. The van der Waals surface area contributed by atoms with Gasteiger partial charge in [-0.3, -0.25) is 4.79 Å². The summed E-state index contributed by atoms with van der Waals surface area (Å²) in [6.45, 7) is 0. The van der Waals surface area contributed by atoms with Gasteiger partial charge in [0.05, 0.1) is 0 Å². The Bertz CT molecular complexity index is 197. The number of rotatable bonds is 0. The van der Waals surface area contributed by atoms with Crippen molar-refractivity contribution in [3.05, 3.63) is 12.2 Å². The lowest BCUT2D eigenvalue weighted by molar-refractivity contribution is -0.119. The number of nitrogens with two attached hydrogens (primary N) is 1. The molecule has 0 spiro atoms. The van der Waals surface area contributed by atoms with Crippen LogP contribution in [0.25, 0.3) is 0 Å². The van der Waals surface area contributed by atoms with Crippen LogP contribution in [-0.2, 0) is 4.79 Å². The Morgan fingerprint density at radius 2 is 2.56 bits per heavy atom. The van der Waals surface area contributed by atoms with E-state index in [1.807, 2.05) is 12.2 Å². The van der Waals surface area contributed by atoms with Crippen LogP contribution in [0.15, 0.2) is 12.2 Å². The molecular weight excluding hydrogens is 114 g/mol. The van der Waals surface area contributed by atoms with Crippen LogP contribution in [0.1, 0.15) is 12.8 Å². The highest BCUT2D eigenvalue weighted by molar-refractivity contribution is 5.88. The Morgan fingerprint density at radius 1 is 1.78 bits per heavy atom. The second kappa shape index (κ2) is 1.27. The van der Waals surface area contributed by atoms with E-state index >= 15 is 0 Å². The first kappa shape index (κ1) is 5.18. The van der Waals surface area contributed by atoms with Gasteiger partial charge in [-0.15, -0.1) is 0 Å². The lowest BCUT2D eigenvalue weighted by Crippen LogP contribution is -2.33. The lowest BCUT2D eigenvalue weighted by Gasteiger charge is -2.13. The third-order valence-corrected chi connectivity index (χ3v) is 2.18. The maximum Gasteiger partial charge on any atom is 0.141 e. The number of ketones is 1. The minimum Gasteiger partial charge on any atom is -0.321 e. The maximum atomic E-state index is 10.9. The van der Waals surface area contributed by atoms with Crippen molar-refractivity contribution in [2.75, 3.05) is 0 Å². The van der Waals surface area contributed by atoms with Crippen LogP contribution in [0.3, 0.4) is 0 Å². The first-order valence-electron chi connectivity index (χ1n) is 3.21. The summed E-state index contributed by atoms with van der Waals surface area (Å²) in [7, 11) is 0. The Kier molecular flexibility index (Phi) is 0.728. The largest absolute Gasteiger partial charge is 0.321 e. The minimum atomic E-state index is -0.248. The van der Waals surface area contributed by atoms with E-state index in [9.17, 15) is 4.79 Å². The quantitative estimate of drug-likeness (QED) is 0.469. The highest BCUT2D eigenvalue weighted by Crippen LogP contribution is 2.37. The zero-order valence-electron chi connectivity index (χ0n) is 5.13. The molecule has 0 aromatic rings. The molecule has 2 rings (SSSR count). The average molecular weight is 123 g/mol. The first-order valence-corrected chi connectivity index (χ1v) is 3.21. The number of hydrogen-bond acceptors (Lipinski definition) is 2. The third-order valence-electron chi connectivity index (χ3n) is 2.18. The molecule has 2 heteroatoms. The van der Waals surface area contributed by atoms with Crippen molar-refractivity contribution in [2.45, 2.75) is 18.4 Å². The Labute approximate surface area is 53.7 Å². The first-order chi connectivity index (χ1) is 4.20. The summed E-state index contributed by atoms with van der Waals surface area (Å²) in [5, 5.41) is 0. The molecule has 2 aliphatic rings. The van der Waals surface area contributed by atoms with Crippen molar-refractivity contribution in [3.8, 4) is 0 Å². The molecule has 1 saturated carbocycles. The summed E-state index contributed by atoms with van der Waals surface area (Å²) in [5.41, 5.74) is 5.53. The number of fused-ring (bicyclic) bond motifs is 2. The molecule has 0 amide bonds. The molecule has 2 bridgehead atoms. The number of carbonyl (C=O) groups is 1. The van der Waals surface area contributed by atoms with E-state index in [1.165, 1.54) is 0 Å². The van der Waals surface area contributed by atoms with Gasteiger partial charge in [0.1, 0.15) is 5.78 Å². The third kappa shape index (κ3) is 0.566. The molecule has 0 aromatic carbocycles. The standard InChI is InChI=1S/C7H9NO/c8-7-2-1-5(3-7)6(9)4-7/h1-2,5H,3-4,8H2. The van der Waals surface area contributed by atoms with Gasteiger partial charge in [-0.25, -0.2) is 0 Å². The molecular formula is C7H9NO. The fourth-order valence-electron chi connectivity index (χ4n) is 1.66. The van der Waals surface area contributed by atoms with E-state index in [4.69, 9.17) is 5.73 Å². The summed E-state index contributed by atoms with van der Waals surface area (Å²) in [6.07, 6.45) is 5.32. The molecule has 0 saturated heterocycles. The Hall–Kier alpha value is -0.630. The van der Waals surface area contributed by atoms with Crippen LogP contribution in [0.4, 0.5) is 0 Å². The molecule has 2 aliphatic carbocycles. The van der Waals surface area contributed by atoms with E-state index in [-0.39, 0.29) is 11.5 Å². The lowest BCUT2D eigenvalue weighted by atomic mass is 10.0. The highest BCUT2D eigenvalue weighted by atomic mass is 16.1. The van der Waals surface area contributed by atoms with Gasteiger partial charge in [0.2, 0.25) is 0 Å². The Morgan fingerprint density at radius 3 is 2.78 bits per heavy atom. The van der Waals surface area contributed by atoms with Crippen LogP contribution in [-0.4, -0.2) is 11.3 Å². The summed E-state index contributed by atoms with van der Waals surface area (Å²) in [4.78, 5) is 10.9. The fourth-order valence-corrected chi connectivity index (χ4v) is 1.66. The average Bonchev–Trinajstić information content (AvgIpc) is 2.20. The summed E-state index contributed by atoms with van der Waals surface area (Å²) in [5.74, 6) is 0.481. The van der Waals surface area contributed by atoms with E-state index < -0.39 is 0 Å². The molecule has 0 heterocycles. The van der Waals surface area contributed by atoms with Crippen LogP contribution < -0.4 is 5.73 Å². The van der Waals surface area contributed by atoms with Crippen LogP contribution in [0.5, 0.6) is 0 Å². The zero-order valence-corrected chi connectivity index (χ0v) is 5.13. The maximum absolute atomic E-state index is 10.9. The number of allylic oxidation sites excluding steroid dienone is 1. The SMILES string of the molecule is NC12C=CC(C1)C(=O)C2. The van der Waals surface area contributed by atoms with Gasteiger partial charge in [-0.05, 0) is 6.42 Å². The molecule has 2 nitrogen and oxygen atoms in total. The Balaban J connectivity index is 2.40. The van der Waals surface area contributed by atoms with Crippen LogP contribution >= 0.6 is 0 Å². The molecule has 0 radical (unpaired) electrons. The van der Waals surface area contributed by atoms with Gasteiger partial charge in [0, 0.05) is 17.9 Å². The second-order valence-corrected chi connectivity index (χ2v) is 3.05. The van der Waals surface area contributed by atoms with Crippen molar-refractivity contribution < 1.29 is 4.79 Å². The van der Waals surface area contributed by atoms with Crippen molar-refractivity contribution >= 4 is 5.78 Å². The second-order valence-electron chi connectivity index (χ2n) is 3.05. The summed E-state index contributed by atoms with van der Waals surface area (Å²) in [6, 6.07) is 0. The van der Waals surface area contributed by atoms with E-state index in [1.54, 1.807) is 0 Å². The van der Waals surface area contributed by atoms with Crippen molar-refractivity contribution in [2.24, 2.45) is 11.7 Å². The summed E-state index contributed by atoms with van der Waals surface area (Å²) < 4.78 is 0. The smallest absolute Gasteiger partial charge is 0.141 e. The molecule has 0 aromatic heterocycles. The molecule has 9 heavy (non-hydrogen) atoms. The van der Waals surface area contributed by atoms with Gasteiger partial charge in [0.15, 0.2) is 0 Å². The van der Waals surface area contributed by atoms with E-state index in [0.717, 1.165) is 6.42 Å². The number of carbonyl (C=O) groups excluding carboxylic acids is 1. The monoisotopic (exact) mass is 123 g/mol. The van der Waals surface area contributed by atoms with E-state index in [2.05, 4.69) is 0 Å². The van der Waals surface area contributed by atoms with Gasteiger partial charge >= 0.3 is 0 Å².